The summed E-state index contributed by atoms with van der Waals surface area (Å²) >= 11 is 0. The van der Waals surface area contributed by atoms with Crippen LogP contribution >= 0.6 is 0 Å². The Bertz CT molecular complexity index is 1170. The van der Waals surface area contributed by atoms with Gasteiger partial charge in [0, 0.05) is 24.8 Å². The number of nitrogens with two attached hydrogens (primary N) is 2. The van der Waals surface area contributed by atoms with Gasteiger partial charge in [-0.2, -0.15) is 5.26 Å². The van der Waals surface area contributed by atoms with E-state index in [0.29, 0.717) is 5.52 Å². The van der Waals surface area contributed by atoms with Gasteiger partial charge in [-0.25, -0.2) is 13.8 Å². The fraction of sp³-hybridized carbons (Fsp3) is 0.150. The van der Waals surface area contributed by atoms with Crippen molar-refractivity contribution in [3.8, 4) is 17.6 Å². The molecule has 0 aliphatic heterocycles. The van der Waals surface area contributed by atoms with Crippen LogP contribution in [0.15, 0.2) is 54.6 Å². The van der Waals surface area contributed by atoms with Crippen molar-refractivity contribution in [3.63, 3.8) is 0 Å². The molecule has 0 spiro atoms. The molecule has 9 heteroatoms. The van der Waals surface area contributed by atoms with Gasteiger partial charge in [-0.3, -0.25) is 9.55 Å². The first-order chi connectivity index (χ1) is 13.8. The van der Waals surface area contributed by atoms with Gasteiger partial charge in [-0.1, -0.05) is 6.07 Å². The molecule has 1 aromatic carbocycles. The third-order valence-electron chi connectivity index (χ3n) is 4.21. The zero-order valence-electron chi connectivity index (χ0n) is 15.7. The average Bonchev–Trinajstić information content (AvgIpc) is 3.09. The highest BCUT2D eigenvalue weighted by atomic mass is 19.3. The van der Waals surface area contributed by atoms with Crippen molar-refractivity contribution in [2.24, 2.45) is 11.5 Å². The van der Waals surface area contributed by atoms with E-state index >= 15 is 0 Å². The van der Waals surface area contributed by atoms with Crippen LogP contribution in [0.5, 0.6) is 0 Å². The van der Waals surface area contributed by atoms with E-state index in [0.717, 1.165) is 6.92 Å². The molecule has 148 valence electrons. The first kappa shape index (κ1) is 19.8. The molecule has 0 fully saturated rings. The minimum atomic E-state index is -3.03. The van der Waals surface area contributed by atoms with Gasteiger partial charge >= 0.3 is 0 Å². The highest BCUT2D eigenvalue weighted by Gasteiger charge is 2.26. The number of imidazole rings is 1. The van der Waals surface area contributed by atoms with E-state index in [1.165, 1.54) is 48.2 Å². The number of halogens is 2. The van der Waals surface area contributed by atoms with Crippen LogP contribution in [0.2, 0.25) is 0 Å². The molecular weight excluding hydrogens is 378 g/mol. The zero-order chi connectivity index (χ0) is 21.2. The second-order valence-corrected chi connectivity index (χ2v) is 6.24. The van der Waals surface area contributed by atoms with E-state index < -0.39 is 5.92 Å². The minimum absolute atomic E-state index is 0.127. The fourth-order valence-electron chi connectivity index (χ4n) is 2.76. The molecule has 0 unspecified atom stereocenters. The van der Waals surface area contributed by atoms with Crippen molar-refractivity contribution in [1.82, 2.24) is 14.5 Å². The fourth-order valence-corrected chi connectivity index (χ4v) is 2.76. The van der Waals surface area contributed by atoms with Crippen molar-refractivity contribution in [2.75, 3.05) is 7.11 Å². The summed E-state index contributed by atoms with van der Waals surface area (Å²) < 4.78 is 34.0. The third kappa shape index (κ3) is 3.87. The van der Waals surface area contributed by atoms with Crippen LogP contribution in [0.1, 0.15) is 18.1 Å². The van der Waals surface area contributed by atoms with E-state index in [1.807, 2.05) is 0 Å². The van der Waals surface area contributed by atoms with Crippen LogP contribution in [-0.4, -0.2) is 21.6 Å². The number of hydrogen-bond acceptors (Lipinski definition) is 6. The van der Waals surface area contributed by atoms with Crippen molar-refractivity contribution in [3.05, 3.63) is 65.7 Å². The van der Waals surface area contributed by atoms with Crippen molar-refractivity contribution in [2.45, 2.75) is 12.8 Å². The third-order valence-corrected chi connectivity index (χ3v) is 4.21. The molecule has 3 aromatic rings. The Hall–Kier alpha value is -3.93. The Labute approximate surface area is 165 Å². The van der Waals surface area contributed by atoms with Gasteiger partial charge in [0.2, 0.25) is 0 Å². The van der Waals surface area contributed by atoms with Gasteiger partial charge in [-0.05, 0) is 30.3 Å². The predicted octanol–water partition coefficient (Wildman–Crippen LogP) is 3.29. The monoisotopic (exact) mass is 396 g/mol. The number of methoxy groups -OCH3 is 1. The number of alkyl halides is 2. The molecule has 0 atom stereocenters. The summed E-state index contributed by atoms with van der Waals surface area (Å²) in [5, 5.41) is 9.43. The summed E-state index contributed by atoms with van der Waals surface area (Å²) in [4.78, 5) is 8.69. The smallest absolute Gasteiger partial charge is 0.270 e. The summed E-state index contributed by atoms with van der Waals surface area (Å²) in [6, 6.07) is 9.34. The molecule has 3 rings (SSSR count). The molecule has 0 radical (unpaired) electrons. The standard InChI is InChI=1S/C20H18F2N6O/c1-20(21,22)13-5-6-15-14(10-13)27-19(18-12(11-23)4-3-9-26-18)28(15)16(24)7-8-17(25)29-2/h3-10H,24-25H2,1-2H3/b16-7+,17-8+. The summed E-state index contributed by atoms with van der Waals surface area (Å²) in [6.07, 6.45) is 4.44. The lowest BCUT2D eigenvalue weighted by molar-refractivity contribution is 0.0176. The van der Waals surface area contributed by atoms with Gasteiger partial charge in [-0.15, -0.1) is 0 Å². The van der Waals surface area contributed by atoms with E-state index in [4.69, 9.17) is 16.2 Å². The van der Waals surface area contributed by atoms with Crippen molar-refractivity contribution < 1.29 is 13.5 Å². The van der Waals surface area contributed by atoms with Crippen LogP contribution in [0, 0.1) is 11.3 Å². The first-order valence-corrected chi connectivity index (χ1v) is 8.50. The summed E-state index contributed by atoms with van der Waals surface area (Å²) in [5.41, 5.74) is 13.0. The number of hydrogen-bond donors (Lipinski definition) is 2. The molecule has 0 saturated heterocycles. The number of fused-ring (bicyclic) bond motifs is 1. The molecule has 0 aliphatic carbocycles. The Morgan fingerprint density at radius 3 is 2.69 bits per heavy atom. The molecule has 2 heterocycles. The van der Waals surface area contributed by atoms with Gasteiger partial charge in [0.05, 0.1) is 23.7 Å². The molecule has 0 aliphatic rings. The second-order valence-electron chi connectivity index (χ2n) is 6.24. The van der Waals surface area contributed by atoms with Crippen molar-refractivity contribution >= 4 is 16.9 Å². The number of ether oxygens (including phenoxy) is 1. The maximum atomic E-state index is 13.8. The van der Waals surface area contributed by atoms with Crippen LogP contribution < -0.4 is 11.5 Å². The maximum absolute atomic E-state index is 13.8. The molecule has 7 nitrogen and oxygen atoms in total. The summed E-state index contributed by atoms with van der Waals surface area (Å²) in [7, 11) is 1.41. The quantitative estimate of drug-likeness (QED) is 0.505. The Balaban J connectivity index is 2.33. The van der Waals surface area contributed by atoms with E-state index in [9.17, 15) is 14.0 Å². The lowest BCUT2D eigenvalue weighted by Crippen LogP contribution is -2.10. The molecule has 2 aromatic heterocycles. The summed E-state index contributed by atoms with van der Waals surface area (Å²) in [6.45, 7) is 0.811. The van der Waals surface area contributed by atoms with Gasteiger partial charge in [0.15, 0.2) is 11.7 Å². The van der Waals surface area contributed by atoms with E-state index in [2.05, 4.69) is 16.0 Å². The van der Waals surface area contributed by atoms with Gasteiger partial charge in [0.25, 0.3) is 5.92 Å². The van der Waals surface area contributed by atoms with Gasteiger partial charge in [0.1, 0.15) is 17.6 Å². The largest absolute Gasteiger partial charge is 0.483 e. The molecule has 0 bridgehead atoms. The number of nitriles is 1. The van der Waals surface area contributed by atoms with Crippen molar-refractivity contribution in [1.29, 1.82) is 5.26 Å². The predicted molar refractivity (Wildman–Crippen MR) is 105 cm³/mol. The van der Waals surface area contributed by atoms with E-state index in [1.54, 1.807) is 12.1 Å². The number of aromatic nitrogens is 3. The Morgan fingerprint density at radius 2 is 2.03 bits per heavy atom. The normalized spacial score (nSPS) is 12.8. The Kier molecular flexibility index (Phi) is 5.19. The molecule has 0 saturated carbocycles. The molecule has 29 heavy (non-hydrogen) atoms. The number of nitrogens with zero attached hydrogens (tertiary/aromatic N) is 4. The topological polar surface area (TPSA) is 116 Å². The number of pyridine rings is 1. The van der Waals surface area contributed by atoms with Crippen LogP contribution in [0.4, 0.5) is 8.78 Å². The highest BCUT2D eigenvalue weighted by molar-refractivity contribution is 5.85. The maximum Gasteiger partial charge on any atom is 0.270 e. The van der Waals surface area contributed by atoms with Crippen LogP contribution in [0.25, 0.3) is 28.4 Å². The van der Waals surface area contributed by atoms with Crippen LogP contribution in [-0.2, 0) is 10.7 Å². The summed E-state index contributed by atoms with van der Waals surface area (Å²) in [5.74, 6) is -2.47. The lowest BCUT2D eigenvalue weighted by atomic mass is 10.1. The number of allylic oxidation sites excluding steroid dienone is 2. The SMILES string of the molecule is CO/C(N)=C/C=C(\N)n1c(-c2ncccc2C#N)nc2cc(C(C)(F)F)ccc21. The van der Waals surface area contributed by atoms with E-state index in [-0.39, 0.29) is 39.9 Å². The highest BCUT2D eigenvalue weighted by Crippen LogP contribution is 2.32. The molecule has 0 amide bonds. The van der Waals surface area contributed by atoms with Gasteiger partial charge < -0.3 is 16.2 Å². The minimum Gasteiger partial charge on any atom is -0.483 e. The average molecular weight is 396 g/mol. The Morgan fingerprint density at radius 1 is 1.28 bits per heavy atom. The number of rotatable bonds is 5. The molecule has 4 N–H and O–H groups in total. The zero-order valence-corrected chi connectivity index (χ0v) is 15.7. The first-order valence-electron chi connectivity index (χ1n) is 8.50. The second kappa shape index (κ2) is 7.59. The molecular formula is C20H18F2N6O. The number of benzene rings is 1. The lowest BCUT2D eigenvalue weighted by Gasteiger charge is -2.11. The van der Waals surface area contributed by atoms with Crippen LogP contribution in [0.3, 0.4) is 0 Å².